The first kappa shape index (κ1) is 23.9. The molecule has 2 aromatic rings. The van der Waals surface area contributed by atoms with Crippen LogP contribution in [-0.2, 0) is 20.2 Å². The van der Waals surface area contributed by atoms with Gasteiger partial charge in [0.1, 0.15) is 6.04 Å². The molecule has 4 rings (SSSR count). The van der Waals surface area contributed by atoms with Gasteiger partial charge in [0.2, 0.25) is 15.9 Å². The molecule has 0 N–H and O–H groups in total. The van der Waals surface area contributed by atoms with Gasteiger partial charge in [0.15, 0.2) is 0 Å². The number of carbonyl (C=O) groups is 1. The lowest BCUT2D eigenvalue weighted by Gasteiger charge is -2.39. The number of rotatable bonds is 5. The molecule has 6 nitrogen and oxygen atoms in total. The van der Waals surface area contributed by atoms with Crippen LogP contribution in [0.15, 0.2) is 59.5 Å². The highest BCUT2D eigenvalue weighted by molar-refractivity contribution is 7.89. The van der Waals surface area contributed by atoms with E-state index in [1.165, 1.54) is 0 Å². The molecule has 0 saturated carbocycles. The monoisotopic (exact) mass is 469 g/mol. The zero-order chi connectivity index (χ0) is 23.6. The van der Waals surface area contributed by atoms with Gasteiger partial charge in [0.05, 0.1) is 4.90 Å². The SMILES string of the molecule is CC(C)(C)c1ccc(S(=O)(=O)N2CCN(C(C(=O)N3CCCC3)c3ccccc3)CC2)cc1. The predicted octanol–water partition coefficient (Wildman–Crippen LogP) is 3.65. The quantitative estimate of drug-likeness (QED) is 0.671. The summed E-state index contributed by atoms with van der Waals surface area (Å²) in [4.78, 5) is 17.8. The van der Waals surface area contributed by atoms with Gasteiger partial charge < -0.3 is 4.90 Å². The molecule has 1 unspecified atom stereocenters. The smallest absolute Gasteiger partial charge is 0.244 e. The van der Waals surface area contributed by atoms with E-state index in [9.17, 15) is 13.2 Å². The fraction of sp³-hybridized carbons (Fsp3) is 0.500. The van der Waals surface area contributed by atoms with Crippen molar-refractivity contribution < 1.29 is 13.2 Å². The van der Waals surface area contributed by atoms with E-state index in [1.807, 2.05) is 47.4 Å². The van der Waals surface area contributed by atoms with Gasteiger partial charge in [-0.25, -0.2) is 8.42 Å². The van der Waals surface area contributed by atoms with Crippen LogP contribution in [0.3, 0.4) is 0 Å². The molecule has 2 aromatic carbocycles. The van der Waals surface area contributed by atoms with Crippen molar-refractivity contribution in [2.75, 3.05) is 39.3 Å². The van der Waals surface area contributed by atoms with Gasteiger partial charge in [0, 0.05) is 39.3 Å². The Bertz CT molecular complexity index is 1050. The van der Waals surface area contributed by atoms with Gasteiger partial charge in [-0.2, -0.15) is 4.31 Å². The Hall–Kier alpha value is -2.22. The first-order valence-corrected chi connectivity index (χ1v) is 13.3. The number of hydrogen-bond donors (Lipinski definition) is 0. The Kier molecular flexibility index (Phi) is 6.93. The number of piperazine rings is 1. The van der Waals surface area contributed by atoms with E-state index >= 15 is 0 Å². The van der Waals surface area contributed by atoms with Crippen molar-refractivity contribution in [2.45, 2.75) is 50.0 Å². The summed E-state index contributed by atoms with van der Waals surface area (Å²) < 4.78 is 28.1. The molecule has 2 aliphatic rings. The molecular weight excluding hydrogens is 434 g/mol. The van der Waals surface area contributed by atoms with Crippen molar-refractivity contribution in [1.82, 2.24) is 14.1 Å². The van der Waals surface area contributed by atoms with Crippen LogP contribution in [0.4, 0.5) is 0 Å². The first-order chi connectivity index (χ1) is 15.7. The number of sulfonamides is 1. The van der Waals surface area contributed by atoms with Crippen molar-refractivity contribution in [3.05, 3.63) is 65.7 Å². The van der Waals surface area contributed by atoms with Gasteiger partial charge in [0.25, 0.3) is 0 Å². The molecule has 1 atom stereocenters. The van der Waals surface area contributed by atoms with Gasteiger partial charge in [-0.05, 0) is 41.5 Å². The van der Waals surface area contributed by atoms with Gasteiger partial charge in [-0.15, -0.1) is 0 Å². The maximum Gasteiger partial charge on any atom is 0.244 e. The molecule has 2 fully saturated rings. The molecule has 0 aliphatic carbocycles. The summed E-state index contributed by atoms with van der Waals surface area (Å²) in [6, 6.07) is 16.8. The lowest BCUT2D eigenvalue weighted by Crippen LogP contribution is -2.52. The highest BCUT2D eigenvalue weighted by Crippen LogP contribution is 2.29. The van der Waals surface area contributed by atoms with Crippen LogP contribution in [0, 0.1) is 0 Å². The minimum Gasteiger partial charge on any atom is -0.341 e. The summed E-state index contributed by atoms with van der Waals surface area (Å²) in [7, 11) is -3.56. The minimum atomic E-state index is -3.56. The summed E-state index contributed by atoms with van der Waals surface area (Å²) in [5, 5.41) is 0. The Labute approximate surface area is 198 Å². The summed E-state index contributed by atoms with van der Waals surface area (Å²) in [5.41, 5.74) is 2.06. The number of nitrogens with zero attached hydrogens (tertiary/aromatic N) is 3. The molecule has 178 valence electrons. The molecule has 0 aromatic heterocycles. The van der Waals surface area contributed by atoms with E-state index in [0.717, 1.165) is 37.1 Å². The van der Waals surface area contributed by atoms with Crippen LogP contribution in [-0.4, -0.2) is 67.7 Å². The minimum absolute atomic E-state index is 0.0255. The topological polar surface area (TPSA) is 60.9 Å². The molecule has 2 heterocycles. The standard InChI is InChI=1S/C26H35N3O3S/c1-26(2,3)22-11-13-23(14-12-22)33(31,32)29-19-17-27(18-20-29)24(21-9-5-4-6-10-21)25(30)28-15-7-8-16-28/h4-6,9-14,24H,7-8,15-20H2,1-3H3. The first-order valence-electron chi connectivity index (χ1n) is 11.9. The third-order valence-corrected chi connectivity index (χ3v) is 8.68. The van der Waals surface area contributed by atoms with E-state index in [1.54, 1.807) is 16.4 Å². The highest BCUT2D eigenvalue weighted by Gasteiger charge is 2.36. The summed E-state index contributed by atoms with van der Waals surface area (Å²) in [5.74, 6) is 0.132. The van der Waals surface area contributed by atoms with Crippen molar-refractivity contribution in [3.8, 4) is 0 Å². The van der Waals surface area contributed by atoms with Crippen molar-refractivity contribution >= 4 is 15.9 Å². The number of benzene rings is 2. The molecule has 0 bridgehead atoms. The van der Waals surface area contributed by atoms with Gasteiger partial charge in [-0.3, -0.25) is 9.69 Å². The predicted molar refractivity (Wildman–Crippen MR) is 130 cm³/mol. The van der Waals surface area contributed by atoms with Crippen molar-refractivity contribution in [3.63, 3.8) is 0 Å². The third kappa shape index (κ3) is 5.15. The largest absolute Gasteiger partial charge is 0.341 e. The van der Waals surface area contributed by atoms with E-state index in [0.29, 0.717) is 31.1 Å². The number of hydrogen-bond acceptors (Lipinski definition) is 4. The van der Waals surface area contributed by atoms with Crippen molar-refractivity contribution in [2.24, 2.45) is 0 Å². The van der Waals surface area contributed by atoms with Crippen LogP contribution >= 0.6 is 0 Å². The second-order valence-electron chi connectivity index (χ2n) is 10.1. The van der Waals surface area contributed by atoms with E-state index < -0.39 is 10.0 Å². The molecule has 7 heteroatoms. The third-order valence-electron chi connectivity index (χ3n) is 6.76. The average molecular weight is 470 g/mol. The molecule has 2 aliphatic heterocycles. The van der Waals surface area contributed by atoms with E-state index in [4.69, 9.17) is 0 Å². The maximum atomic E-state index is 13.4. The summed E-state index contributed by atoms with van der Waals surface area (Å²) >= 11 is 0. The lowest BCUT2D eigenvalue weighted by atomic mass is 9.87. The molecule has 33 heavy (non-hydrogen) atoms. The van der Waals surface area contributed by atoms with Crippen LogP contribution in [0.5, 0.6) is 0 Å². The Morgan fingerprint density at radius 3 is 1.94 bits per heavy atom. The maximum absolute atomic E-state index is 13.4. The normalized spacial score (nSPS) is 19.5. The van der Waals surface area contributed by atoms with Crippen LogP contribution in [0.1, 0.15) is 50.8 Å². The van der Waals surface area contributed by atoms with E-state index in [2.05, 4.69) is 25.7 Å². The van der Waals surface area contributed by atoms with E-state index in [-0.39, 0.29) is 17.4 Å². The Balaban J connectivity index is 1.49. The molecular formula is C26H35N3O3S. The zero-order valence-electron chi connectivity index (χ0n) is 19.9. The average Bonchev–Trinajstić information content (AvgIpc) is 3.35. The Morgan fingerprint density at radius 2 is 1.39 bits per heavy atom. The van der Waals surface area contributed by atoms with Gasteiger partial charge >= 0.3 is 0 Å². The van der Waals surface area contributed by atoms with Crippen LogP contribution in [0.25, 0.3) is 0 Å². The van der Waals surface area contributed by atoms with Crippen LogP contribution in [0.2, 0.25) is 0 Å². The number of carbonyl (C=O) groups excluding carboxylic acids is 1. The molecule has 1 amide bonds. The molecule has 2 saturated heterocycles. The fourth-order valence-corrected chi connectivity index (χ4v) is 6.16. The highest BCUT2D eigenvalue weighted by atomic mass is 32.2. The van der Waals surface area contributed by atoms with Crippen molar-refractivity contribution in [1.29, 1.82) is 0 Å². The number of likely N-dealkylation sites (tertiary alicyclic amines) is 1. The second-order valence-corrected chi connectivity index (χ2v) is 12.0. The second kappa shape index (κ2) is 9.57. The molecule has 0 spiro atoms. The summed E-state index contributed by atoms with van der Waals surface area (Å²) in [6.45, 7) is 9.76. The summed E-state index contributed by atoms with van der Waals surface area (Å²) in [6.07, 6.45) is 2.10. The fourth-order valence-electron chi connectivity index (χ4n) is 4.73. The lowest BCUT2D eigenvalue weighted by molar-refractivity contribution is -0.136. The van der Waals surface area contributed by atoms with Gasteiger partial charge in [-0.1, -0.05) is 63.2 Å². The molecule has 0 radical (unpaired) electrons. The zero-order valence-corrected chi connectivity index (χ0v) is 20.7. The van der Waals surface area contributed by atoms with Crippen LogP contribution < -0.4 is 0 Å². The Morgan fingerprint density at radius 1 is 0.818 bits per heavy atom. The number of amides is 1.